The Bertz CT molecular complexity index is 769. The summed E-state index contributed by atoms with van der Waals surface area (Å²) in [6.07, 6.45) is 4.02. The SMILES string of the molecule is CN1CCCN(C(=O)/C(=C/c2ccco2)NC(=O)c2ccccc2)CC1. The highest BCUT2D eigenvalue weighted by Crippen LogP contribution is 2.12. The fraction of sp³-hybridized carbons (Fsp3) is 0.300. The van der Waals surface area contributed by atoms with Gasteiger partial charge >= 0.3 is 0 Å². The largest absolute Gasteiger partial charge is 0.465 e. The van der Waals surface area contributed by atoms with E-state index in [-0.39, 0.29) is 17.5 Å². The fourth-order valence-corrected chi connectivity index (χ4v) is 2.87. The van der Waals surface area contributed by atoms with Gasteiger partial charge in [-0.05, 0) is 44.3 Å². The zero-order valence-corrected chi connectivity index (χ0v) is 14.9. The smallest absolute Gasteiger partial charge is 0.270 e. The summed E-state index contributed by atoms with van der Waals surface area (Å²) in [5.74, 6) is 0.0123. The fourth-order valence-electron chi connectivity index (χ4n) is 2.87. The van der Waals surface area contributed by atoms with Gasteiger partial charge in [-0.15, -0.1) is 0 Å². The summed E-state index contributed by atoms with van der Waals surface area (Å²) in [4.78, 5) is 29.5. The number of nitrogens with zero attached hydrogens (tertiary/aromatic N) is 2. The summed E-state index contributed by atoms with van der Waals surface area (Å²) in [5.41, 5.74) is 0.722. The zero-order valence-electron chi connectivity index (χ0n) is 14.9. The van der Waals surface area contributed by atoms with Crippen LogP contribution in [-0.4, -0.2) is 54.8 Å². The quantitative estimate of drug-likeness (QED) is 0.856. The number of carbonyl (C=O) groups is 2. The molecule has 3 rings (SSSR count). The second-order valence-corrected chi connectivity index (χ2v) is 6.34. The van der Waals surface area contributed by atoms with E-state index < -0.39 is 0 Å². The third-order valence-corrected chi connectivity index (χ3v) is 4.35. The maximum atomic E-state index is 13.0. The van der Waals surface area contributed by atoms with Crippen molar-refractivity contribution >= 4 is 17.9 Å². The predicted molar refractivity (Wildman–Crippen MR) is 99.3 cm³/mol. The lowest BCUT2D eigenvalue weighted by atomic mass is 10.2. The Kier molecular flexibility index (Phi) is 5.86. The van der Waals surface area contributed by atoms with Crippen LogP contribution in [0.3, 0.4) is 0 Å². The van der Waals surface area contributed by atoms with E-state index in [0.29, 0.717) is 24.4 Å². The summed E-state index contributed by atoms with van der Waals surface area (Å²) in [7, 11) is 2.05. The lowest BCUT2D eigenvalue weighted by Gasteiger charge is -2.22. The predicted octanol–water partition coefficient (Wildman–Crippen LogP) is 2.21. The molecule has 1 fully saturated rings. The molecule has 1 N–H and O–H groups in total. The Balaban J connectivity index is 1.81. The molecular weight excluding hydrogens is 330 g/mol. The number of carbonyl (C=O) groups excluding carboxylic acids is 2. The lowest BCUT2D eigenvalue weighted by Crippen LogP contribution is -2.40. The average molecular weight is 353 g/mol. The van der Waals surface area contributed by atoms with Crippen molar-refractivity contribution in [3.8, 4) is 0 Å². The molecule has 2 heterocycles. The van der Waals surface area contributed by atoms with Gasteiger partial charge in [0.1, 0.15) is 11.5 Å². The molecule has 136 valence electrons. The van der Waals surface area contributed by atoms with Gasteiger partial charge in [-0.1, -0.05) is 18.2 Å². The molecule has 0 radical (unpaired) electrons. The number of benzene rings is 1. The zero-order chi connectivity index (χ0) is 18.4. The summed E-state index contributed by atoms with van der Waals surface area (Å²) in [6, 6.07) is 12.3. The molecule has 6 heteroatoms. The molecule has 0 spiro atoms. The highest BCUT2D eigenvalue weighted by atomic mass is 16.3. The van der Waals surface area contributed by atoms with Crippen molar-refractivity contribution < 1.29 is 14.0 Å². The van der Waals surface area contributed by atoms with Crippen molar-refractivity contribution in [3.63, 3.8) is 0 Å². The van der Waals surface area contributed by atoms with Crippen LogP contribution < -0.4 is 5.32 Å². The number of furan rings is 1. The summed E-state index contributed by atoms with van der Waals surface area (Å²) >= 11 is 0. The van der Waals surface area contributed by atoms with Crippen LogP contribution in [0.4, 0.5) is 0 Å². The van der Waals surface area contributed by atoms with Crippen LogP contribution in [-0.2, 0) is 4.79 Å². The van der Waals surface area contributed by atoms with Gasteiger partial charge in [0.2, 0.25) is 0 Å². The van der Waals surface area contributed by atoms with E-state index in [4.69, 9.17) is 4.42 Å². The lowest BCUT2D eigenvalue weighted by molar-refractivity contribution is -0.127. The normalized spacial score (nSPS) is 16.2. The minimum atomic E-state index is -0.316. The number of rotatable bonds is 4. The third kappa shape index (κ3) is 4.61. The molecule has 1 aromatic heterocycles. The first kappa shape index (κ1) is 17.9. The van der Waals surface area contributed by atoms with Gasteiger partial charge in [-0.25, -0.2) is 0 Å². The summed E-state index contributed by atoms with van der Waals surface area (Å²) in [5, 5.41) is 2.76. The number of amides is 2. The first-order chi connectivity index (χ1) is 12.6. The van der Waals surface area contributed by atoms with Crippen molar-refractivity contribution in [1.29, 1.82) is 0 Å². The van der Waals surface area contributed by atoms with Gasteiger partial charge in [0.15, 0.2) is 0 Å². The maximum absolute atomic E-state index is 13.0. The van der Waals surface area contributed by atoms with E-state index in [1.54, 1.807) is 47.4 Å². The van der Waals surface area contributed by atoms with E-state index in [1.807, 2.05) is 13.1 Å². The molecule has 1 aromatic carbocycles. The number of nitrogens with one attached hydrogen (secondary N) is 1. The van der Waals surface area contributed by atoms with Crippen LogP contribution in [0.25, 0.3) is 6.08 Å². The van der Waals surface area contributed by atoms with Crippen LogP contribution in [0.5, 0.6) is 0 Å². The molecule has 0 saturated carbocycles. The third-order valence-electron chi connectivity index (χ3n) is 4.35. The van der Waals surface area contributed by atoms with Gasteiger partial charge in [0.05, 0.1) is 6.26 Å². The Morgan fingerprint density at radius 2 is 1.85 bits per heavy atom. The van der Waals surface area contributed by atoms with Gasteiger partial charge in [-0.3, -0.25) is 9.59 Å². The number of likely N-dealkylation sites (N-methyl/N-ethyl adjacent to an activating group) is 1. The van der Waals surface area contributed by atoms with Crippen molar-refractivity contribution in [2.24, 2.45) is 0 Å². The number of hydrogen-bond donors (Lipinski definition) is 1. The molecule has 1 aliphatic rings. The van der Waals surface area contributed by atoms with Crippen molar-refractivity contribution in [3.05, 3.63) is 65.7 Å². The standard InChI is InChI=1S/C20H23N3O3/c1-22-10-6-11-23(13-12-22)20(25)18(15-17-9-5-14-26-17)21-19(24)16-7-3-2-4-8-16/h2-5,7-9,14-15H,6,10-13H2,1H3,(H,21,24)/b18-15-. The van der Waals surface area contributed by atoms with Crippen LogP contribution in [0, 0.1) is 0 Å². The highest BCUT2D eigenvalue weighted by Gasteiger charge is 2.23. The Morgan fingerprint density at radius 1 is 1.04 bits per heavy atom. The Hall–Kier alpha value is -2.86. The van der Waals surface area contributed by atoms with E-state index in [0.717, 1.165) is 19.5 Å². The van der Waals surface area contributed by atoms with Crippen molar-refractivity contribution in [2.45, 2.75) is 6.42 Å². The molecule has 6 nitrogen and oxygen atoms in total. The van der Waals surface area contributed by atoms with Crippen molar-refractivity contribution in [2.75, 3.05) is 33.2 Å². The van der Waals surface area contributed by atoms with E-state index >= 15 is 0 Å². The summed E-state index contributed by atoms with van der Waals surface area (Å²) < 4.78 is 5.32. The average Bonchev–Trinajstić information content (AvgIpc) is 3.07. The molecule has 2 amide bonds. The molecule has 0 bridgehead atoms. The highest BCUT2D eigenvalue weighted by molar-refractivity contribution is 6.05. The minimum Gasteiger partial charge on any atom is -0.465 e. The van der Waals surface area contributed by atoms with Gasteiger partial charge < -0.3 is 19.5 Å². The molecular formula is C20H23N3O3. The van der Waals surface area contributed by atoms with Crippen LogP contribution >= 0.6 is 0 Å². The Morgan fingerprint density at radius 3 is 2.58 bits per heavy atom. The van der Waals surface area contributed by atoms with Gasteiger partial charge in [-0.2, -0.15) is 0 Å². The van der Waals surface area contributed by atoms with Gasteiger partial charge in [0, 0.05) is 31.3 Å². The Labute approximate surface area is 153 Å². The number of hydrogen-bond acceptors (Lipinski definition) is 4. The molecule has 0 aliphatic carbocycles. The second-order valence-electron chi connectivity index (χ2n) is 6.34. The molecule has 1 saturated heterocycles. The van der Waals surface area contributed by atoms with Crippen LogP contribution in [0.2, 0.25) is 0 Å². The van der Waals surface area contributed by atoms with E-state index in [1.165, 1.54) is 6.26 Å². The second kappa shape index (κ2) is 8.49. The summed E-state index contributed by atoms with van der Waals surface area (Å²) in [6.45, 7) is 3.07. The maximum Gasteiger partial charge on any atom is 0.270 e. The topological polar surface area (TPSA) is 65.8 Å². The first-order valence-electron chi connectivity index (χ1n) is 8.73. The van der Waals surface area contributed by atoms with E-state index in [9.17, 15) is 9.59 Å². The van der Waals surface area contributed by atoms with Crippen LogP contribution in [0.15, 0.2) is 58.8 Å². The van der Waals surface area contributed by atoms with Gasteiger partial charge in [0.25, 0.3) is 11.8 Å². The molecule has 0 unspecified atom stereocenters. The first-order valence-corrected chi connectivity index (χ1v) is 8.73. The van der Waals surface area contributed by atoms with E-state index in [2.05, 4.69) is 10.2 Å². The van der Waals surface area contributed by atoms with Crippen molar-refractivity contribution in [1.82, 2.24) is 15.1 Å². The minimum absolute atomic E-state index is 0.194. The molecule has 0 atom stereocenters. The molecule has 2 aromatic rings. The monoisotopic (exact) mass is 353 g/mol. The van der Waals surface area contributed by atoms with Crippen LogP contribution in [0.1, 0.15) is 22.5 Å². The molecule has 1 aliphatic heterocycles. The molecule has 26 heavy (non-hydrogen) atoms.